The average molecular weight is 365 g/mol. The molecular weight excluding hydrogens is 346 g/mol. The Morgan fingerprint density at radius 1 is 0.885 bits per heavy atom. The molecule has 0 aliphatic carbocycles. The van der Waals surface area contributed by atoms with Gasteiger partial charge in [0.1, 0.15) is 5.75 Å². The molecule has 0 saturated heterocycles. The number of hydrogen-bond acceptors (Lipinski definition) is 3. The minimum Gasteiger partial charge on any atom is -0.484 e. The number of carbonyl (C=O) groups excluding carboxylic acids is 1. The second-order valence-electron chi connectivity index (χ2n) is 5.64. The van der Waals surface area contributed by atoms with Gasteiger partial charge in [0, 0.05) is 6.54 Å². The molecule has 26 heavy (non-hydrogen) atoms. The Morgan fingerprint density at radius 2 is 1.62 bits per heavy atom. The van der Waals surface area contributed by atoms with Crippen LogP contribution in [0.2, 0.25) is 0 Å². The van der Waals surface area contributed by atoms with Gasteiger partial charge in [-0.25, -0.2) is 0 Å². The Hall–Kier alpha value is -3.12. The van der Waals surface area contributed by atoms with Gasteiger partial charge in [0.25, 0.3) is 5.91 Å². The van der Waals surface area contributed by atoms with Crippen molar-refractivity contribution in [1.82, 2.24) is 16.2 Å². The predicted molar refractivity (Wildman–Crippen MR) is 107 cm³/mol. The highest BCUT2D eigenvalue weighted by Gasteiger charge is 2.04. The fourth-order valence-electron chi connectivity index (χ4n) is 2.39. The number of hydrazine groups is 1. The van der Waals surface area contributed by atoms with Crippen LogP contribution in [0.15, 0.2) is 72.8 Å². The zero-order chi connectivity index (χ0) is 18.2. The maximum absolute atomic E-state index is 11.9. The van der Waals surface area contributed by atoms with Gasteiger partial charge in [-0.3, -0.25) is 15.6 Å². The standard InChI is InChI=1S/C20H19N3O2S/c24-19(22-23-20(26)21-13-15-6-2-1-3-7-15)14-25-18-11-10-16-8-4-5-9-17(16)12-18/h1-12H,13-14H2,(H,22,24)(H2,21,23,26). The van der Waals surface area contributed by atoms with Crippen molar-refractivity contribution in [2.24, 2.45) is 0 Å². The van der Waals surface area contributed by atoms with Gasteiger partial charge in [-0.05, 0) is 40.7 Å². The number of hydrogen-bond donors (Lipinski definition) is 3. The first kappa shape index (κ1) is 17.7. The monoisotopic (exact) mass is 365 g/mol. The Labute approximate surface area is 157 Å². The topological polar surface area (TPSA) is 62.4 Å². The molecule has 0 aliphatic heterocycles. The van der Waals surface area contributed by atoms with E-state index < -0.39 is 0 Å². The molecule has 132 valence electrons. The minimum atomic E-state index is -0.318. The molecule has 6 heteroatoms. The zero-order valence-corrected chi connectivity index (χ0v) is 14.9. The maximum Gasteiger partial charge on any atom is 0.276 e. The van der Waals surface area contributed by atoms with Crippen LogP contribution in [0.1, 0.15) is 5.56 Å². The van der Waals surface area contributed by atoms with E-state index in [0.29, 0.717) is 17.4 Å². The molecule has 5 nitrogen and oxygen atoms in total. The number of carbonyl (C=O) groups is 1. The first-order valence-electron chi connectivity index (χ1n) is 8.19. The SMILES string of the molecule is O=C(COc1ccc2ccccc2c1)NNC(=S)NCc1ccccc1. The van der Waals surface area contributed by atoms with Crippen molar-refractivity contribution in [3.05, 3.63) is 78.4 Å². The van der Waals surface area contributed by atoms with Gasteiger partial charge in [-0.2, -0.15) is 0 Å². The molecule has 0 atom stereocenters. The van der Waals surface area contributed by atoms with Crippen LogP contribution in [0.4, 0.5) is 0 Å². The summed E-state index contributed by atoms with van der Waals surface area (Å²) in [7, 11) is 0. The Bertz CT molecular complexity index is 900. The number of ether oxygens (including phenoxy) is 1. The second kappa shape index (κ2) is 8.82. The molecule has 1 amide bonds. The lowest BCUT2D eigenvalue weighted by Gasteiger charge is -2.12. The van der Waals surface area contributed by atoms with Gasteiger partial charge < -0.3 is 10.1 Å². The first-order valence-corrected chi connectivity index (χ1v) is 8.60. The van der Waals surface area contributed by atoms with Crippen LogP contribution in [0.5, 0.6) is 5.75 Å². The quantitative estimate of drug-likeness (QED) is 0.479. The zero-order valence-electron chi connectivity index (χ0n) is 14.1. The van der Waals surface area contributed by atoms with E-state index in [2.05, 4.69) is 16.2 Å². The lowest BCUT2D eigenvalue weighted by atomic mass is 10.1. The maximum atomic E-state index is 11.9. The summed E-state index contributed by atoms with van der Waals surface area (Å²) in [5, 5.41) is 5.54. The summed E-state index contributed by atoms with van der Waals surface area (Å²) in [6.07, 6.45) is 0. The molecule has 0 saturated carbocycles. The fraction of sp³-hybridized carbons (Fsp3) is 0.100. The fourth-order valence-corrected chi connectivity index (χ4v) is 2.51. The molecule has 0 radical (unpaired) electrons. The second-order valence-corrected chi connectivity index (χ2v) is 6.05. The molecule has 0 spiro atoms. The number of benzene rings is 3. The summed E-state index contributed by atoms with van der Waals surface area (Å²) < 4.78 is 5.52. The van der Waals surface area contributed by atoms with Crippen LogP contribution in [0.3, 0.4) is 0 Å². The van der Waals surface area contributed by atoms with Crippen molar-refractivity contribution < 1.29 is 9.53 Å². The number of rotatable bonds is 5. The average Bonchev–Trinajstić information content (AvgIpc) is 2.69. The summed E-state index contributed by atoms with van der Waals surface area (Å²) in [5.41, 5.74) is 6.27. The third-order valence-corrected chi connectivity index (χ3v) is 3.95. The molecule has 0 unspecified atom stereocenters. The van der Waals surface area contributed by atoms with E-state index in [1.54, 1.807) is 0 Å². The summed E-state index contributed by atoms with van der Waals surface area (Å²) in [4.78, 5) is 11.9. The first-order chi connectivity index (χ1) is 12.7. The molecule has 0 aliphatic rings. The molecule has 0 bridgehead atoms. The molecule has 0 fully saturated rings. The van der Waals surface area contributed by atoms with Gasteiger partial charge in [0.2, 0.25) is 0 Å². The minimum absolute atomic E-state index is 0.105. The third kappa shape index (κ3) is 5.19. The predicted octanol–water partition coefficient (Wildman–Crippen LogP) is 2.91. The van der Waals surface area contributed by atoms with Gasteiger partial charge in [-0.15, -0.1) is 0 Å². The summed E-state index contributed by atoms with van der Waals surface area (Å²) >= 11 is 5.12. The highest BCUT2D eigenvalue weighted by Crippen LogP contribution is 2.20. The van der Waals surface area contributed by atoms with Crippen molar-refractivity contribution in [2.45, 2.75) is 6.54 Å². The van der Waals surface area contributed by atoms with E-state index in [1.165, 1.54) is 0 Å². The number of fused-ring (bicyclic) bond motifs is 1. The Kier molecular flexibility index (Phi) is 6.01. The van der Waals surface area contributed by atoms with Crippen LogP contribution < -0.4 is 20.9 Å². The highest BCUT2D eigenvalue weighted by molar-refractivity contribution is 7.80. The van der Waals surface area contributed by atoms with Crippen molar-refractivity contribution >= 4 is 34.0 Å². The van der Waals surface area contributed by atoms with E-state index in [4.69, 9.17) is 17.0 Å². The van der Waals surface area contributed by atoms with E-state index in [0.717, 1.165) is 16.3 Å². The normalized spacial score (nSPS) is 10.2. The van der Waals surface area contributed by atoms with Crippen LogP contribution in [-0.2, 0) is 11.3 Å². The molecular formula is C20H19N3O2S. The number of amides is 1. The van der Waals surface area contributed by atoms with E-state index in [-0.39, 0.29) is 12.5 Å². The van der Waals surface area contributed by atoms with E-state index in [1.807, 2.05) is 72.8 Å². The molecule has 3 aromatic carbocycles. The van der Waals surface area contributed by atoms with Crippen LogP contribution in [-0.4, -0.2) is 17.6 Å². The van der Waals surface area contributed by atoms with Gasteiger partial charge in [0.05, 0.1) is 0 Å². The number of nitrogens with one attached hydrogen (secondary N) is 3. The lowest BCUT2D eigenvalue weighted by molar-refractivity contribution is -0.123. The van der Waals surface area contributed by atoms with Crippen molar-refractivity contribution in [3.8, 4) is 5.75 Å². The van der Waals surface area contributed by atoms with Gasteiger partial charge >= 0.3 is 0 Å². The Balaban J connectivity index is 1.40. The molecule has 3 aromatic rings. The smallest absolute Gasteiger partial charge is 0.276 e. The highest BCUT2D eigenvalue weighted by atomic mass is 32.1. The summed E-state index contributed by atoms with van der Waals surface area (Å²) in [5.74, 6) is 0.325. The molecule has 0 heterocycles. The van der Waals surface area contributed by atoms with Crippen LogP contribution in [0.25, 0.3) is 10.8 Å². The molecule has 3 rings (SSSR count). The Morgan fingerprint density at radius 3 is 2.42 bits per heavy atom. The van der Waals surface area contributed by atoms with E-state index in [9.17, 15) is 4.79 Å². The summed E-state index contributed by atoms with van der Waals surface area (Å²) in [6.45, 7) is 0.475. The van der Waals surface area contributed by atoms with Gasteiger partial charge in [0.15, 0.2) is 11.7 Å². The van der Waals surface area contributed by atoms with Crippen LogP contribution in [0, 0.1) is 0 Å². The van der Waals surface area contributed by atoms with Crippen molar-refractivity contribution in [1.29, 1.82) is 0 Å². The van der Waals surface area contributed by atoms with Gasteiger partial charge in [-0.1, -0.05) is 60.7 Å². The molecule has 0 aromatic heterocycles. The molecule has 3 N–H and O–H groups in total. The van der Waals surface area contributed by atoms with E-state index >= 15 is 0 Å². The largest absolute Gasteiger partial charge is 0.484 e. The lowest BCUT2D eigenvalue weighted by Crippen LogP contribution is -2.48. The van der Waals surface area contributed by atoms with Crippen molar-refractivity contribution in [3.63, 3.8) is 0 Å². The number of thiocarbonyl (C=S) groups is 1. The summed E-state index contributed by atoms with van der Waals surface area (Å²) in [6, 6.07) is 23.5. The van der Waals surface area contributed by atoms with Crippen molar-refractivity contribution in [2.75, 3.05) is 6.61 Å². The van der Waals surface area contributed by atoms with Crippen LogP contribution >= 0.6 is 12.2 Å². The third-order valence-electron chi connectivity index (χ3n) is 3.70.